The van der Waals surface area contributed by atoms with Gasteiger partial charge in [-0.2, -0.15) is 0 Å². The van der Waals surface area contributed by atoms with E-state index in [0.717, 1.165) is 48.8 Å². The number of rotatable bonds is 9. The summed E-state index contributed by atoms with van der Waals surface area (Å²) >= 11 is 0. The Balaban J connectivity index is 1.97. The van der Waals surface area contributed by atoms with Gasteiger partial charge in [-0.3, -0.25) is 9.10 Å². The van der Waals surface area contributed by atoms with Crippen molar-refractivity contribution < 1.29 is 13.2 Å². The smallest absolute Gasteiger partial charge is 0.264 e. The van der Waals surface area contributed by atoms with Crippen LogP contribution in [-0.4, -0.2) is 24.5 Å². The average molecular weight is 440 g/mol. The molecule has 5 heteroatoms. The van der Waals surface area contributed by atoms with Crippen LogP contribution < -0.4 is 0 Å². The topological polar surface area (TPSA) is 54.5 Å². The Morgan fingerprint density at radius 1 is 1.00 bits per heavy atom. The zero-order valence-electron chi connectivity index (χ0n) is 19.0. The van der Waals surface area contributed by atoms with Gasteiger partial charge in [-0.25, -0.2) is 8.42 Å². The molecule has 1 aliphatic heterocycles. The number of Topliss-reactive ketones (excluding diaryl/α,β-unsaturated/α-hetero) is 1. The van der Waals surface area contributed by atoms with Crippen LogP contribution in [0.15, 0.2) is 59.1 Å². The van der Waals surface area contributed by atoms with E-state index in [0.29, 0.717) is 22.5 Å². The van der Waals surface area contributed by atoms with Crippen LogP contribution in [0.4, 0.5) is 0 Å². The minimum Gasteiger partial charge on any atom is -0.289 e. The number of sulfonamides is 1. The summed E-state index contributed by atoms with van der Waals surface area (Å²) in [5.74, 6) is -0.0887. The average Bonchev–Trinajstić information content (AvgIpc) is 3.15. The lowest BCUT2D eigenvalue weighted by molar-refractivity contribution is 0.103. The molecule has 0 fully saturated rings. The summed E-state index contributed by atoms with van der Waals surface area (Å²) in [6.07, 6.45) is 7.11. The molecule has 1 unspecified atom stereocenters. The van der Waals surface area contributed by atoms with E-state index >= 15 is 0 Å². The maximum absolute atomic E-state index is 13.8. The summed E-state index contributed by atoms with van der Waals surface area (Å²) in [7, 11) is -3.75. The first kappa shape index (κ1) is 23.3. The largest absolute Gasteiger partial charge is 0.289 e. The Kier molecular flexibility index (Phi) is 7.37. The molecule has 2 aromatic carbocycles. The molecule has 1 heterocycles. The molecule has 166 valence electrons. The number of hydrogen-bond acceptors (Lipinski definition) is 3. The highest BCUT2D eigenvalue weighted by Gasteiger charge is 2.37. The van der Waals surface area contributed by atoms with E-state index in [4.69, 9.17) is 0 Å². The van der Waals surface area contributed by atoms with Crippen molar-refractivity contribution in [3.63, 3.8) is 0 Å². The summed E-state index contributed by atoms with van der Waals surface area (Å²) < 4.78 is 29.0. The molecule has 2 aromatic rings. The Morgan fingerprint density at radius 2 is 1.65 bits per heavy atom. The fourth-order valence-electron chi connectivity index (χ4n) is 4.56. The van der Waals surface area contributed by atoms with Crippen LogP contribution in [0.5, 0.6) is 0 Å². The SMILES string of the molecule is CCCCCCC1CC(C(=O)c2ccccc2)=CN1S(=O)(=O)c1c(C)cc(C)cc1C. The van der Waals surface area contributed by atoms with Crippen LogP contribution in [0.2, 0.25) is 0 Å². The van der Waals surface area contributed by atoms with E-state index in [1.54, 1.807) is 18.3 Å². The van der Waals surface area contributed by atoms with Gasteiger partial charge in [0.1, 0.15) is 0 Å². The van der Waals surface area contributed by atoms with Gasteiger partial charge in [0.2, 0.25) is 0 Å². The second kappa shape index (κ2) is 9.82. The molecule has 31 heavy (non-hydrogen) atoms. The predicted molar refractivity (Wildman–Crippen MR) is 126 cm³/mol. The molecular formula is C26H33NO3S. The van der Waals surface area contributed by atoms with E-state index in [1.807, 2.05) is 51.1 Å². The molecule has 0 saturated heterocycles. The number of carbonyl (C=O) groups is 1. The number of unbranched alkanes of at least 4 members (excludes halogenated alkanes) is 3. The number of nitrogens with zero attached hydrogens (tertiary/aromatic N) is 1. The summed E-state index contributed by atoms with van der Waals surface area (Å²) in [4.78, 5) is 13.4. The summed E-state index contributed by atoms with van der Waals surface area (Å²) in [5.41, 5.74) is 3.71. The first-order chi connectivity index (χ1) is 14.8. The highest BCUT2D eigenvalue weighted by atomic mass is 32.2. The van der Waals surface area contributed by atoms with Gasteiger partial charge in [0.25, 0.3) is 10.0 Å². The number of hydrogen-bond donors (Lipinski definition) is 0. The van der Waals surface area contributed by atoms with Crippen LogP contribution in [0, 0.1) is 20.8 Å². The molecule has 0 radical (unpaired) electrons. The van der Waals surface area contributed by atoms with Gasteiger partial charge in [-0.1, -0.05) is 80.6 Å². The summed E-state index contributed by atoms with van der Waals surface area (Å²) in [6, 6.07) is 12.7. The Hall–Kier alpha value is -2.40. The third-order valence-corrected chi connectivity index (χ3v) is 8.08. The van der Waals surface area contributed by atoms with Gasteiger partial charge < -0.3 is 0 Å². The fourth-order valence-corrected chi connectivity index (χ4v) is 6.54. The van der Waals surface area contributed by atoms with Gasteiger partial charge in [0.05, 0.1) is 4.90 Å². The second-order valence-corrected chi connectivity index (χ2v) is 10.4. The molecule has 4 nitrogen and oxygen atoms in total. The third-order valence-electron chi connectivity index (χ3n) is 5.96. The lowest BCUT2D eigenvalue weighted by Crippen LogP contribution is -2.33. The van der Waals surface area contributed by atoms with E-state index in [-0.39, 0.29) is 11.8 Å². The van der Waals surface area contributed by atoms with Gasteiger partial charge in [-0.15, -0.1) is 0 Å². The van der Waals surface area contributed by atoms with Crippen molar-refractivity contribution in [2.75, 3.05) is 0 Å². The minimum absolute atomic E-state index is 0.0887. The molecule has 0 N–H and O–H groups in total. The van der Waals surface area contributed by atoms with Crippen molar-refractivity contribution >= 4 is 15.8 Å². The number of aryl methyl sites for hydroxylation is 3. The molecule has 0 spiro atoms. The highest BCUT2D eigenvalue weighted by Crippen LogP contribution is 2.35. The fraction of sp³-hybridized carbons (Fsp3) is 0.423. The Bertz CT molecular complexity index is 1050. The lowest BCUT2D eigenvalue weighted by Gasteiger charge is -2.27. The van der Waals surface area contributed by atoms with Crippen molar-refractivity contribution in [2.45, 2.75) is 77.2 Å². The summed E-state index contributed by atoms with van der Waals surface area (Å²) in [5, 5.41) is 0. The molecule has 0 aliphatic carbocycles. The van der Waals surface area contributed by atoms with Crippen molar-refractivity contribution in [2.24, 2.45) is 0 Å². The molecule has 3 rings (SSSR count). The molecule has 1 atom stereocenters. The number of carbonyl (C=O) groups excluding carboxylic acids is 1. The van der Waals surface area contributed by atoms with Gasteiger partial charge in [0, 0.05) is 23.4 Å². The zero-order chi connectivity index (χ0) is 22.6. The molecule has 1 aliphatic rings. The maximum Gasteiger partial charge on any atom is 0.264 e. The second-order valence-electron chi connectivity index (χ2n) is 8.62. The predicted octanol–water partition coefficient (Wildman–Crippen LogP) is 6.11. The monoisotopic (exact) mass is 439 g/mol. The third kappa shape index (κ3) is 5.09. The molecular weight excluding hydrogens is 406 g/mol. The first-order valence-corrected chi connectivity index (χ1v) is 12.6. The number of benzene rings is 2. The van der Waals surface area contributed by atoms with Crippen LogP contribution in [0.1, 0.15) is 72.5 Å². The first-order valence-electron chi connectivity index (χ1n) is 11.2. The number of ketones is 1. The molecule has 0 aromatic heterocycles. The van der Waals surface area contributed by atoms with Gasteiger partial charge in [0.15, 0.2) is 5.78 Å². The highest BCUT2D eigenvalue weighted by molar-refractivity contribution is 7.89. The van der Waals surface area contributed by atoms with Crippen molar-refractivity contribution in [3.8, 4) is 0 Å². The Morgan fingerprint density at radius 3 is 2.26 bits per heavy atom. The normalized spacial score (nSPS) is 16.5. The van der Waals surface area contributed by atoms with E-state index in [9.17, 15) is 13.2 Å². The molecule has 0 amide bonds. The van der Waals surface area contributed by atoms with Crippen LogP contribution in [-0.2, 0) is 10.0 Å². The van der Waals surface area contributed by atoms with Crippen molar-refractivity contribution in [1.82, 2.24) is 4.31 Å². The lowest BCUT2D eigenvalue weighted by atomic mass is 9.98. The zero-order valence-corrected chi connectivity index (χ0v) is 19.8. The van der Waals surface area contributed by atoms with Crippen LogP contribution in [0.25, 0.3) is 0 Å². The van der Waals surface area contributed by atoms with Crippen molar-refractivity contribution in [1.29, 1.82) is 0 Å². The van der Waals surface area contributed by atoms with Crippen LogP contribution >= 0.6 is 0 Å². The molecule has 0 bridgehead atoms. The maximum atomic E-state index is 13.8. The molecule has 0 saturated carbocycles. The van der Waals surface area contributed by atoms with Gasteiger partial charge >= 0.3 is 0 Å². The van der Waals surface area contributed by atoms with Gasteiger partial charge in [-0.05, 0) is 44.7 Å². The Labute approximate surface area is 187 Å². The van der Waals surface area contributed by atoms with E-state index in [2.05, 4.69) is 6.92 Å². The minimum atomic E-state index is -3.75. The van der Waals surface area contributed by atoms with Crippen LogP contribution in [0.3, 0.4) is 0 Å². The quantitative estimate of drug-likeness (QED) is 0.350. The van der Waals surface area contributed by atoms with Crippen molar-refractivity contribution in [3.05, 3.63) is 76.5 Å². The standard InChI is InChI=1S/C26H33NO3S/c1-5-6-7-11-14-24-17-23(25(28)22-12-9-8-10-13-22)18-27(24)31(29,30)26-20(3)15-19(2)16-21(26)4/h8-10,12-13,15-16,18,24H,5-7,11,14,17H2,1-4H3. The van der Waals surface area contributed by atoms with E-state index in [1.165, 1.54) is 4.31 Å². The van der Waals surface area contributed by atoms with E-state index < -0.39 is 10.0 Å². The summed E-state index contributed by atoms with van der Waals surface area (Å²) in [6.45, 7) is 7.82.